The van der Waals surface area contributed by atoms with E-state index in [-0.39, 0.29) is 16.4 Å². The second kappa shape index (κ2) is 8.32. The van der Waals surface area contributed by atoms with Crippen LogP contribution in [0.4, 0.5) is 5.69 Å². The first-order valence-corrected chi connectivity index (χ1v) is 10.4. The molecule has 0 aliphatic heterocycles. The van der Waals surface area contributed by atoms with Crippen LogP contribution in [0.15, 0.2) is 77.7 Å². The lowest BCUT2D eigenvalue weighted by Gasteiger charge is -2.08. The molecule has 148 valence electrons. The van der Waals surface area contributed by atoms with E-state index in [1.54, 1.807) is 79.7 Å². The highest BCUT2D eigenvalue weighted by Crippen LogP contribution is 2.19. The van der Waals surface area contributed by atoms with Crippen LogP contribution in [0, 0.1) is 13.8 Å². The Morgan fingerprint density at radius 1 is 0.931 bits per heavy atom. The summed E-state index contributed by atoms with van der Waals surface area (Å²) in [6.45, 7) is 3.67. The van der Waals surface area contributed by atoms with Crippen LogP contribution in [0.5, 0.6) is 5.75 Å². The summed E-state index contributed by atoms with van der Waals surface area (Å²) < 4.78 is 27.4. The lowest BCUT2D eigenvalue weighted by atomic mass is 10.1. The van der Waals surface area contributed by atoms with E-state index in [9.17, 15) is 18.3 Å². The minimum absolute atomic E-state index is 0.176. The Bertz CT molecular complexity index is 1160. The van der Waals surface area contributed by atoms with Crippen molar-refractivity contribution in [1.29, 1.82) is 0 Å². The van der Waals surface area contributed by atoms with Crippen LogP contribution >= 0.6 is 0 Å². The molecule has 0 atom stereocenters. The molecular weight excluding hydrogens is 386 g/mol. The molecule has 0 spiro atoms. The number of rotatable bonds is 6. The van der Waals surface area contributed by atoms with Crippen LogP contribution in [0.2, 0.25) is 0 Å². The highest BCUT2D eigenvalue weighted by molar-refractivity contribution is 7.92. The van der Waals surface area contributed by atoms with Crippen LogP contribution in [-0.2, 0) is 10.0 Å². The average Bonchev–Trinajstić information content (AvgIpc) is 2.69. The summed E-state index contributed by atoms with van der Waals surface area (Å²) >= 11 is 0. The fourth-order valence-corrected chi connectivity index (χ4v) is 3.74. The summed E-state index contributed by atoms with van der Waals surface area (Å²) in [7, 11) is -3.69. The fraction of sp³-hybridized carbons (Fsp3) is 0.0870. The van der Waals surface area contributed by atoms with Crippen LogP contribution in [0.25, 0.3) is 6.08 Å². The van der Waals surface area contributed by atoms with E-state index < -0.39 is 10.0 Å². The zero-order valence-corrected chi connectivity index (χ0v) is 16.9. The Kier molecular flexibility index (Phi) is 5.84. The number of sulfonamides is 1. The summed E-state index contributed by atoms with van der Waals surface area (Å²) in [6.07, 6.45) is 3.11. The van der Waals surface area contributed by atoms with Gasteiger partial charge in [0.15, 0.2) is 5.78 Å². The summed E-state index contributed by atoms with van der Waals surface area (Å²) in [5.41, 5.74) is 3.32. The Hall–Kier alpha value is -3.38. The highest BCUT2D eigenvalue weighted by Gasteiger charge is 2.14. The van der Waals surface area contributed by atoms with E-state index in [4.69, 9.17) is 0 Å². The first kappa shape index (κ1) is 20.4. The number of ketones is 1. The molecule has 0 heterocycles. The highest BCUT2D eigenvalue weighted by atomic mass is 32.2. The molecule has 0 aliphatic rings. The van der Waals surface area contributed by atoms with Gasteiger partial charge in [-0.3, -0.25) is 9.52 Å². The Labute approximate surface area is 170 Å². The van der Waals surface area contributed by atoms with Gasteiger partial charge in [-0.25, -0.2) is 8.42 Å². The van der Waals surface area contributed by atoms with Gasteiger partial charge in [0, 0.05) is 11.3 Å². The third-order valence-electron chi connectivity index (χ3n) is 4.40. The van der Waals surface area contributed by atoms with Gasteiger partial charge >= 0.3 is 0 Å². The SMILES string of the molecule is Cc1ccc(S(=O)(=O)Nc2ccc(C(=O)/C=C/c3ccc(O)c(C)c3)cc2)cc1. The minimum atomic E-state index is -3.69. The fourth-order valence-electron chi connectivity index (χ4n) is 2.68. The van der Waals surface area contributed by atoms with Crippen molar-refractivity contribution in [2.75, 3.05) is 4.72 Å². The normalized spacial score (nSPS) is 11.5. The predicted octanol–water partition coefficient (Wildman–Crippen LogP) is 4.71. The maximum atomic E-state index is 12.4. The summed E-state index contributed by atoms with van der Waals surface area (Å²) in [6, 6.07) is 17.9. The van der Waals surface area contributed by atoms with Gasteiger partial charge in [-0.05, 0) is 79.6 Å². The smallest absolute Gasteiger partial charge is 0.261 e. The van der Waals surface area contributed by atoms with Crippen LogP contribution in [0.3, 0.4) is 0 Å². The number of aryl methyl sites for hydroxylation is 2. The summed E-state index contributed by atoms with van der Waals surface area (Å²) in [5.74, 6) is 0.000764. The molecule has 29 heavy (non-hydrogen) atoms. The van der Waals surface area contributed by atoms with Crippen molar-refractivity contribution in [3.8, 4) is 5.75 Å². The van der Waals surface area contributed by atoms with Crippen molar-refractivity contribution in [1.82, 2.24) is 0 Å². The molecule has 0 radical (unpaired) electrons. The maximum Gasteiger partial charge on any atom is 0.261 e. The molecule has 0 amide bonds. The number of carbonyl (C=O) groups is 1. The molecule has 3 rings (SSSR count). The van der Waals surface area contributed by atoms with Gasteiger partial charge in [0.25, 0.3) is 10.0 Å². The van der Waals surface area contributed by atoms with E-state index >= 15 is 0 Å². The maximum absolute atomic E-state index is 12.4. The van der Waals surface area contributed by atoms with Crippen LogP contribution in [0.1, 0.15) is 27.0 Å². The minimum Gasteiger partial charge on any atom is -0.508 e. The average molecular weight is 407 g/mol. The van der Waals surface area contributed by atoms with E-state index in [1.807, 2.05) is 6.92 Å². The molecule has 3 aromatic rings. The van der Waals surface area contributed by atoms with Gasteiger partial charge in [0.1, 0.15) is 5.75 Å². The van der Waals surface area contributed by atoms with Gasteiger partial charge in [-0.15, -0.1) is 0 Å². The lowest BCUT2D eigenvalue weighted by molar-refractivity contribution is 0.104. The summed E-state index contributed by atoms with van der Waals surface area (Å²) in [5, 5.41) is 9.55. The van der Waals surface area contributed by atoms with Gasteiger partial charge in [-0.1, -0.05) is 29.8 Å². The molecular formula is C23H21NO4S. The molecule has 3 aromatic carbocycles. The number of allylic oxidation sites excluding steroid dienone is 1. The molecule has 6 heteroatoms. The standard InChI is InChI=1S/C23H21NO4S/c1-16-3-11-21(12-4-16)29(27,28)24-20-9-7-19(8-10-20)23(26)14-6-18-5-13-22(25)17(2)15-18/h3-15,24-25H,1-2H3/b14-6+. The largest absolute Gasteiger partial charge is 0.508 e. The number of phenols is 1. The number of nitrogens with one attached hydrogen (secondary N) is 1. The molecule has 2 N–H and O–H groups in total. The Morgan fingerprint density at radius 3 is 2.21 bits per heavy atom. The lowest BCUT2D eigenvalue weighted by Crippen LogP contribution is -2.13. The number of hydrogen-bond acceptors (Lipinski definition) is 4. The van der Waals surface area contributed by atoms with Crippen molar-refractivity contribution in [3.05, 3.63) is 95.1 Å². The number of hydrogen-bond donors (Lipinski definition) is 2. The van der Waals surface area contributed by atoms with Crippen molar-refractivity contribution in [2.45, 2.75) is 18.7 Å². The van der Waals surface area contributed by atoms with Gasteiger partial charge < -0.3 is 5.11 Å². The second-order valence-electron chi connectivity index (χ2n) is 6.74. The van der Waals surface area contributed by atoms with Crippen molar-refractivity contribution in [3.63, 3.8) is 0 Å². The predicted molar refractivity (Wildman–Crippen MR) is 115 cm³/mol. The zero-order chi connectivity index (χ0) is 21.0. The monoisotopic (exact) mass is 407 g/mol. The topological polar surface area (TPSA) is 83.5 Å². The quantitative estimate of drug-likeness (QED) is 0.458. The molecule has 0 unspecified atom stereocenters. The number of anilines is 1. The first-order valence-electron chi connectivity index (χ1n) is 8.96. The Balaban J connectivity index is 1.70. The van der Waals surface area contributed by atoms with E-state index in [2.05, 4.69) is 4.72 Å². The molecule has 0 saturated heterocycles. The number of phenolic OH excluding ortho intramolecular Hbond substituents is 1. The van der Waals surface area contributed by atoms with E-state index in [0.717, 1.165) is 16.7 Å². The molecule has 0 aliphatic carbocycles. The molecule has 0 fully saturated rings. The first-order chi connectivity index (χ1) is 13.7. The number of aromatic hydroxyl groups is 1. The van der Waals surface area contributed by atoms with E-state index in [1.165, 1.54) is 6.08 Å². The third-order valence-corrected chi connectivity index (χ3v) is 5.80. The molecule has 0 bridgehead atoms. The number of benzene rings is 3. The van der Waals surface area contributed by atoms with Crippen LogP contribution < -0.4 is 4.72 Å². The van der Waals surface area contributed by atoms with E-state index in [0.29, 0.717) is 11.3 Å². The van der Waals surface area contributed by atoms with Crippen LogP contribution in [-0.4, -0.2) is 19.3 Å². The van der Waals surface area contributed by atoms with Gasteiger partial charge in [-0.2, -0.15) is 0 Å². The molecule has 0 saturated carbocycles. The van der Waals surface area contributed by atoms with Gasteiger partial charge in [0.05, 0.1) is 4.90 Å². The summed E-state index contributed by atoms with van der Waals surface area (Å²) in [4.78, 5) is 12.5. The van der Waals surface area contributed by atoms with Crippen molar-refractivity contribution < 1.29 is 18.3 Å². The Morgan fingerprint density at radius 2 is 1.59 bits per heavy atom. The zero-order valence-electron chi connectivity index (χ0n) is 16.1. The molecule has 0 aromatic heterocycles. The second-order valence-corrected chi connectivity index (χ2v) is 8.42. The van der Waals surface area contributed by atoms with Crippen molar-refractivity contribution >= 4 is 27.6 Å². The van der Waals surface area contributed by atoms with Gasteiger partial charge in [0.2, 0.25) is 0 Å². The third kappa shape index (κ3) is 5.12. The number of carbonyl (C=O) groups excluding carboxylic acids is 1. The molecule has 5 nitrogen and oxygen atoms in total. The van der Waals surface area contributed by atoms with Crippen molar-refractivity contribution in [2.24, 2.45) is 0 Å².